The first-order valence-corrected chi connectivity index (χ1v) is 13.4. The SMILES string of the molecule is CCOCCCN1C(=O)C(C#N)=C(C)/C(=C\c2cn(-c3ccccc3)nc2-c2ccc(OC(C)C)c(C)c2)C1=O. The second-order valence-electron chi connectivity index (χ2n) is 9.84. The van der Waals surface area contributed by atoms with E-state index in [1.54, 1.807) is 17.7 Å². The molecular weight excluding hydrogens is 504 g/mol. The summed E-state index contributed by atoms with van der Waals surface area (Å²) in [6.45, 7) is 10.6. The van der Waals surface area contributed by atoms with Crippen LogP contribution in [0.2, 0.25) is 0 Å². The molecule has 40 heavy (non-hydrogen) atoms. The number of aryl methyl sites for hydroxylation is 1. The van der Waals surface area contributed by atoms with Crippen molar-refractivity contribution in [2.75, 3.05) is 19.8 Å². The van der Waals surface area contributed by atoms with E-state index in [2.05, 4.69) is 0 Å². The van der Waals surface area contributed by atoms with Crippen molar-refractivity contribution in [1.29, 1.82) is 5.26 Å². The highest BCUT2D eigenvalue weighted by atomic mass is 16.5. The predicted molar refractivity (Wildman–Crippen MR) is 154 cm³/mol. The van der Waals surface area contributed by atoms with E-state index in [4.69, 9.17) is 14.6 Å². The van der Waals surface area contributed by atoms with Gasteiger partial charge in [-0.05, 0) is 88.6 Å². The van der Waals surface area contributed by atoms with E-state index < -0.39 is 11.8 Å². The maximum Gasteiger partial charge on any atom is 0.271 e. The fraction of sp³-hybridized carbons (Fsp3) is 0.312. The third-order valence-electron chi connectivity index (χ3n) is 6.57. The second kappa shape index (κ2) is 12.6. The predicted octanol–water partition coefficient (Wildman–Crippen LogP) is 5.65. The number of hydrogen-bond acceptors (Lipinski definition) is 6. The van der Waals surface area contributed by atoms with Gasteiger partial charge in [-0.2, -0.15) is 10.4 Å². The van der Waals surface area contributed by atoms with Gasteiger partial charge in [-0.3, -0.25) is 14.5 Å². The summed E-state index contributed by atoms with van der Waals surface area (Å²) in [5.41, 5.74) is 4.63. The number of benzene rings is 2. The summed E-state index contributed by atoms with van der Waals surface area (Å²) in [7, 11) is 0. The molecule has 2 aromatic carbocycles. The van der Waals surface area contributed by atoms with E-state index in [1.165, 1.54) is 0 Å². The number of amides is 2. The molecule has 4 rings (SSSR count). The monoisotopic (exact) mass is 538 g/mol. The number of nitrogens with zero attached hydrogens (tertiary/aromatic N) is 4. The summed E-state index contributed by atoms with van der Waals surface area (Å²) in [5.74, 6) is -0.217. The average Bonchev–Trinajstić information content (AvgIpc) is 3.36. The molecule has 2 amide bonds. The van der Waals surface area contributed by atoms with Crippen LogP contribution in [-0.4, -0.2) is 52.4 Å². The van der Waals surface area contributed by atoms with Crippen LogP contribution >= 0.6 is 0 Å². The third-order valence-corrected chi connectivity index (χ3v) is 6.57. The normalized spacial score (nSPS) is 14.8. The van der Waals surface area contributed by atoms with Crippen molar-refractivity contribution in [3.63, 3.8) is 0 Å². The number of carbonyl (C=O) groups is 2. The number of para-hydroxylation sites is 1. The maximum absolute atomic E-state index is 13.6. The molecular formula is C32H34N4O4. The lowest BCUT2D eigenvalue weighted by Crippen LogP contribution is -2.43. The van der Waals surface area contributed by atoms with Gasteiger partial charge in [0.05, 0.1) is 17.5 Å². The number of rotatable bonds is 10. The Morgan fingerprint density at radius 1 is 1.07 bits per heavy atom. The number of ether oxygens (including phenoxy) is 2. The first-order chi connectivity index (χ1) is 19.2. The van der Waals surface area contributed by atoms with Gasteiger partial charge in [0.15, 0.2) is 0 Å². The average molecular weight is 539 g/mol. The fourth-order valence-corrected chi connectivity index (χ4v) is 4.57. The maximum atomic E-state index is 13.6. The first-order valence-electron chi connectivity index (χ1n) is 13.4. The van der Waals surface area contributed by atoms with E-state index >= 15 is 0 Å². The van der Waals surface area contributed by atoms with Crippen LogP contribution < -0.4 is 4.74 Å². The highest BCUT2D eigenvalue weighted by Gasteiger charge is 2.35. The minimum absolute atomic E-state index is 0.0368. The van der Waals surface area contributed by atoms with Crippen LogP contribution in [0.1, 0.15) is 45.2 Å². The molecule has 3 aromatic rings. The van der Waals surface area contributed by atoms with E-state index in [0.717, 1.165) is 27.5 Å². The summed E-state index contributed by atoms with van der Waals surface area (Å²) in [5, 5.41) is 14.7. The Morgan fingerprint density at radius 2 is 1.82 bits per heavy atom. The lowest BCUT2D eigenvalue weighted by atomic mass is 9.93. The number of hydrogen-bond donors (Lipinski definition) is 0. The van der Waals surface area contributed by atoms with Crippen LogP contribution in [0.15, 0.2) is 71.4 Å². The van der Waals surface area contributed by atoms with Gasteiger partial charge in [0.1, 0.15) is 17.4 Å². The summed E-state index contributed by atoms with van der Waals surface area (Å²) < 4.78 is 13.1. The Bertz CT molecular complexity index is 1510. The van der Waals surface area contributed by atoms with Crippen molar-refractivity contribution in [3.8, 4) is 28.8 Å². The Balaban J connectivity index is 1.83. The molecule has 8 heteroatoms. The molecule has 0 N–H and O–H groups in total. The molecule has 1 aromatic heterocycles. The second-order valence-corrected chi connectivity index (χ2v) is 9.84. The highest BCUT2D eigenvalue weighted by molar-refractivity contribution is 6.19. The van der Waals surface area contributed by atoms with Crippen LogP contribution in [0, 0.1) is 18.3 Å². The highest BCUT2D eigenvalue weighted by Crippen LogP contribution is 2.33. The molecule has 1 aliphatic rings. The summed E-state index contributed by atoms with van der Waals surface area (Å²) in [4.78, 5) is 27.7. The number of imide groups is 1. The Hall–Kier alpha value is -4.48. The largest absolute Gasteiger partial charge is 0.491 e. The zero-order valence-electron chi connectivity index (χ0n) is 23.6. The third kappa shape index (κ3) is 6.05. The summed E-state index contributed by atoms with van der Waals surface area (Å²) in [6, 6.07) is 17.6. The van der Waals surface area contributed by atoms with Crippen molar-refractivity contribution in [2.45, 2.75) is 47.1 Å². The standard InChI is InChI=1S/C32H34N4O4/c1-6-39-16-10-15-35-31(37)27(23(5)28(19-33)32(35)38)18-25-20-36(26-11-8-7-9-12-26)34-30(25)24-13-14-29(22(4)17-24)40-21(2)3/h7-9,11-14,17-18,20-21H,6,10,15-16H2,1-5H3/b27-18+. The van der Waals surface area contributed by atoms with E-state index in [-0.39, 0.29) is 23.8 Å². The van der Waals surface area contributed by atoms with Crippen molar-refractivity contribution in [1.82, 2.24) is 14.7 Å². The fourth-order valence-electron chi connectivity index (χ4n) is 4.57. The molecule has 0 spiro atoms. The van der Waals surface area contributed by atoms with Gasteiger partial charge in [0, 0.05) is 42.7 Å². The van der Waals surface area contributed by atoms with Crippen molar-refractivity contribution in [3.05, 3.63) is 82.6 Å². The lowest BCUT2D eigenvalue weighted by molar-refractivity contribution is -0.140. The molecule has 206 valence electrons. The van der Waals surface area contributed by atoms with Gasteiger partial charge in [-0.25, -0.2) is 4.68 Å². The van der Waals surface area contributed by atoms with Crippen LogP contribution in [-0.2, 0) is 14.3 Å². The smallest absolute Gasteiger partial charge is 0.271 e. The molecule has 0 fully saturated rings. The summed E-state index contributed by atoms with van der Waals surface area (Å²) >= 11 is 0. The van der Waals surface area contributed by atoms with E-state index in [0.29, 0.717) is 36.5 Å². The van der Waals surface area contributed by atoms with Crippen molar-refractivity contribution >= 4 is 17.9 Å². The molecule has 2 heterocycles. The minimum atomic E-state index is -0.574. The van der Waals surface area contributed by atoms with E-state index in [1.807, 2.05) is 88.5 Å². The van der Waals surface area contributed by atoms with Gasteiger partial charge in [-0.15, -0.1) is 0 Å². The van der Waals surface area contributed by atoms with E-state index in [9.17, 15) is 14.9 Å². The first kappa shape index (κ1) is 28.5. The molecule has 8 nitrogen and oxygen atoms in total. The van der Waals surface area contributed by atoms with Gasteiger partial charge in [0.25, 0.3) is 11.8 Å². The van der Waals surface area contributed by atoms with Crippen LogP contribution in [0.25, 0.3) is 23.0 Å². The van der Waals surface area contributed by atoms with Crippen LogP contribution in [0.3, 0.4) is 0 Å². The molecule has 0 unspecified atom stereocenters. The van der Waals surface area contributed by atoms with Gasteiger partial charge in [0.2, 0.25) is 0 Å². The molecule has 0 atom stereocenters. The van der Waals surface area contributed by atoms with Crippen molar-refractivity contribution < 1.29 is 19.1 Å². The van der Waals surface area contributed by atoms with Crippen LogP contribution in [0.4, 0.5) is 0 Å². The zero-order chi connectivity index (χ0) is 28.8. The van der Waals surface area contributed by atoms with Crippen LogP contribution in [0.5, 0.6) is 5.75 Å². The number of aromatic nitrogens is 2. The minimum Gasteiger partial charge on any atom is -0.491 e. The zero-order valence-corrected chi connectivity index (χ0v) is 23.6. The molecule has 0 saturated carbocycles. The summed E-state index contributed by atoms with van der Waals surface area (Å²) in [6.07, 6.45) is 4.11. The number of carbonyl (C=O) groups excluding carboxylic acids is 2. The van der Waals surface area contributed by atoms with Gasteiger partial charge < -0.3 is 9.47 Å². The Labute approximate surface area is 235 Å². The molecule has 1 aliphatic heterocycles. The Kier molecular flexibility index (Phi) is 8.97. The Morgan fingerprint density at radius 3 is 2.48 bits per heavy atom. The van der Waals surface area contributed by atoms with Gasteiger partial charge in [-0.1, -0.05) is 18.2 Å². The molecule has 0 saturated heterocycles. The van der Waals surface area contributed by atoms with Crippen molar-refractivity contribution in [2.24, 2.45) is 0 Å². The topological polar surface area (TPSA) is 97.5 Å². The molecule has 0 aliphatic carbocycles. The molecule has 0 radical (unpaired) electrons. The lowest BCUT2D eigenvalue weighted by Gasteiger charge is -2.27. The number of nitriles is 1. The quantitative estimate of drug-likeness (QED) is 0.188. The molecule has 0 bridgehead atoms. The van der Waals surface area contributed by atoms with Gasteiger partial charge >= 0.3 is 0 Å².